The van der Waals surface area contributed by atoms with Gasteiger partial charge in [-0.25, -0.2) is 9.97 Å². The molecule has 0 fully saturated rings. The molecule has 0 saturated heterocycles. The third kappa shape index (κ3) is 5.97. The molecule has 0 atom stereocenters. The Morgan fingerprint density at radius 3 is 2.63 bits per heavy atom. The molecule has 0 unspecified atom stereocenters. The number of rotatable bonds is 9. The fraction of sp³-hybridized carbons (Fsp3) is 0.269. The van der Waals surface area contributed by atoms with Crippen molar-refractivity contribution in [3.63, 3.8) is 0 Å². The number of alkyl halides is 3. The van der Waals surface area contributed by atoms with Crippen LogP contribution in [0.15, 0.2) is 48.8 Å². The SMILES string of the molecule is COc1cccc2c(-c3nc(Nc4ccc(OCCN(C)C)c(NC(C)=O)c4)ncc3C(F)(F)F)c[nH]c12. The summed E-state index contributed by atoms with van der Waals surface area (Å²) in [5.41, 5.74) is 0.379. The van der Waals surface area contributed by atoms with Gasteiger partial charge in [-0.15, -0.1) is 0 Å². The lowest BCUT2D eigenvalue weighted by Gasteiger charge is -2.16. The summed E-state index contributed by atoms with van der Waals surface area (Å²) in [6.07, 6.45) is -2.47. The van der Waals surface area contributed by atoms with Crippen LogP contribution in [0.1, 0.15) is 12.5 Å². The van der Waals surface area contributed by atoms with Crippen LogP contribution in [0.3, 0.4) is 0 Å². The number of carbonyl (C=O) groups is 1. The van der Waals surface area contributed by atoms with E-state index < -0.39 is 11.7 Å². The van der Waals surface area contributed by atoms with Gasteiger partial charge in [-0.2, -0.15) is 13.2 Å². The first-order chi connectivity index (χ1) is 18.1. The molecule has 4 rings (SSSR count). The van der Waals surface area contributed by atoms with E-state index in [1.807, 2.05) is 19.0 Å². The Bertz CT molecular complexity index is 1450. The molecule has 1 amide bonds. The Kier molecular flexibility index (Phi) is 7.72. The largest absolute Gasteiger partial charge is 0.495 e. The number of aromatic nitrogens is 3. The number of H-pyrrole nitrogens is 1. The minimum atomic E-state index is -4.68. The zero-order valence-electron chi connectivity index (χ0n) is 21.2. The molecule has 2 aromatic heterocycles. The molecule has 38 heavy (non-hydrogen) atoms. The predicted octanol–water partition coefficient (Wildman–Crippen LogP) is 5.29. The van der Waals surface area contributed by atoms with Gasteiger partial charge in [-0.05, 0) is 38.4 Å². The number of amides is 1. The van der Waals surface area contributed by atoms with Crippen molar-refractivity contribution in [2.75, 3.05) is 45.0 Å². The first-order valence-electron chi connectivity index (χ1n) is 11.6. The Balaban J connectivity index is 1.71. The van der Waals surface area contributed by atoms with Crippen molar-refractivity contribution < 1.29 is 27.4 Å². The van der Waals surface area contributed by atoms with Crippen molar-refractivity contribution >= 4 is 34.1 Å². The Morgan fingerprint density at radius 2 is 1.95 bits per heavy atom. The number of likely N-dealkylation sites (N-methyl/N-ethyl adjacent to an activating group) is 1. The summed E-state index contributed by atoms with van der Waals surface area (Å²) >= 11 is 0. The molecule has 2 heterocycles. The maximum atomic E-state index is 13.9. The van der Waals surface area contributed by atoms with E-state index in [4.69, 9.17) is 9.47 Å². The van der Waals surface area contributed by atoms with Crippen molar-refractivity contribution in [1.29, 1.82) is 0 Å². The minimum Gasteiger partial charge on any atom is -0.495 e. The number of ether oxygens (including phenoxy) is 2. The van der Waals surface area contributed by atoms with Crippen LogP contribution < -0.4 is 20.1 Å². The molecule has 9 nitrogen and oxygen atoms in total. The first-order valence-corrected chi connectivity index (χ1v) is 11.6. The topological polar surface area (TPSA) is 104 Å². The van der Waals surface area contributed by atoms with Gasteiger partial charge in [-0.3, -0.25) is 4.79 Å². The molecule has 0 radical (unpaired) electrons. The van der Waals surface area contributed by atoms with Crippen LogP contribution in [0, 0.1) is 0 Å². The Morgan fingerprint density at radius 1 is 1.16 bits per heavy atom. The number of anilines is 3. The van der Waals surface area contributed by atoms with E-state index >= 15 is 0 Å². The van der Waals surface area contributed by atoms with E-state index in [1.165, 1.54) is 20.2 Å². The molecule has 2 aromatic carbocycles. The molecular formula is C26H27F3N6O3. The zero-order valence-corrected chi connectivity index (χ0v) is 21.2. The van der Waals surface area contributed by atoms with Gasteiger partial charge in [0.1, 0.15) is 23.7 Å². The minimum absolute atomic E-state index is 0.0553. The predicted molar refractivity (Wildman–Crippen MR) is 139 cm³/mol. The van der Waals surface area contributed by atoms with E-state index in [9.17, 15) is 18.0 Å². The lowest BCUT2D eigenvalue weighted by molar-refractivity contribution is -0.137. The number of halogens is 3. The molecule has 4 aromatic rings. The van der Waals surface area contributed by atoms with E-state index in [0.29, 0.717) is 46.9 Å². The number of nitrogens with one attached hydrogen (secondary N) is 3. The molecule has 0 saturated carbocycles. The summed E-state index contributed by atoms with van der Waals surface area (Å²) < 4.78 is 52.9. The van der Waals surface area contributed by atoms with Crippen LogP contribution >= 0.6 is 0 Å². The normalized spacial score (nSPS) is 11.6. The highest BCUT2D eigenvalue weighted by molar-refractivity contribution is 5.98. The number of hydrogen-bond donors (Lipinski definition) is 3. The number of para-hydroxylation sites is 1. The third-order valence-corrected chi connectivity index (χ3v) is 5.59. The molecule has 0 spiro atoms. The van der Waals surface area contributed by atoms with Crippen molar-refractivity contribution in [1.82, 2.24) is 19.9 Å². The number of methoxy groups -OCH3 is 1. The summed E-state index contributed by atoms with van der Waals surface area (Å²) in [5, 5.41) is 6.16. The summed E-state index contributed by atoms with van der Waals surface area (Å²) in [6.45, 7) is 2.43. The Hall–Kier alpha value is -4.32. The standard InChI is InChI=1S/C26H27F3N6O3/c1-15(36)32-20-12-16(8-9-21(20)38-11-10-35(2)3)33-25-31-14-19(26(27,28)29)23(34-25)18-13-30-24-17(18)6-5-7-22(24)37-4/h5-9,12-14,30H,10-11H2,1-4H3,(H,32,36)(H,31,33,34). The smallest absolute Gasteiger partial charge is 0.419 e. The fourth-order valence-corrected chi connectivity index (χ4v) is 3.84. The van der Waals surface area contributed by atoms with Crippen LogP contribution in [-0.4, -0.2) is 60.1 Å². The molecule has 0 aliphatic carbocycles. The van der Waals surface area contributed by atoms with E-state index in [0.717, 1.165) is 6.20 Å². The third-order valence-electron chi connectivity index (χ3n) is 5.59. The molecule has 0 bridgehead atoms. The second-order valence-electron chi connectivity index (χ2n) is 8.71. The van der Waals surface area contributed by atoms with Crippen LogP contribution in [0.5, 0.6) is 11.5 Å². The highest BCUT2D eigenvalue weighted by Crippen LogP contribution is 2.40. The molecular weight excluding hydrogens is 501 g/mol. The van der Waals surface area contributed by atoms with Crippen LogP contribution in [0.2, 0.25) is 0 Å². The van der Waals surface area contributed by atoms with Gasteiger partial charge in [-0.1, -0.05) is 12.1 Å². The van der Waals surface area contributed by atoms with Crippen molar-refractivity contribution in [3.05, 3.63) is 54.4 Å². The van der Waals surface area contributed by atoms with E-state index in [-0.39, 0.29) is 23.1 Å². The van der Waals surface area contributed by atoms with Crippen molar-refractivity contribution in [2.45, 2.75) is 13.1 Å². The highest BCUT2D eigenvalue weighted by atomic mass is 19.4. The van der Waals surface area contributed by atoms with Crippen molar-refractivity contribution in [2.24, 2.45) is 0 Å². The number of carbonyl (C=O) groups excluding carboxylic acids is 1. The number of benzene rings is 2. The molecule has 3 N–H and O–H groups in total. The van der Waals surface area contributed by atoms with Gasteiger partial charge >= 0.3 is 6.18 Å². The quantitative estimate of drug-likeness (QED) is 0.271. The molecule has 200 valence electrons. The number of fused-ring (bicyclic) bond motifs is 1. The van der Waals surface area contributed by atoms with E-state index in [2.05, 4.69) is 25.6 Å². The first kappa shape index (κ1) is 26.7. The fourth-order valence-electron chi connectivity index (χ4n) is 3.84. The summed E-state index contributed by atoms with van der Waals surface area (Å²) in [5.74, 6) is 0.588. The molecule has 0 aliphatic heterocycles. The van der Waals surface area contributed by atoms with Crippen LogP contribution in [0.25, 0.3) is 22.2 Å². The van der Waals surface area contributed by atoms with Gasteiger partial charge in [0.05, 0.1) is 24.0 Å². The average molecular weight is 529 g/mol. The second-order valence-corrected chi connectivity index (χ2v) is 8.71. The summed E-state index contributed by atoms with van der Waals surface area (Å²) in [6, 6.07) is 10.0. The maximum Gasteiger partial charge on any atom is 0.419 e. The van der Waals surface area contributed by atoms with Crippen LogP contribution in [-0.2, 0) is 11.0 Å². The van der Waals surface area contributed by atoms with Crippen LogP contribution in [0.4, 0.5) is 30.5 Å². The van der Waals surface area contributed by atoms with Gasteiger partial charge in [0.25, 0.3) is 0 Å². The Labute approximate surface area is 217 Å². The van der Waals surface area contributed by atoms with Gasteiger partial charge in [0, 0.05) is 42.5 Å². The van der Waals surface area contributed by atoms with Crippen molar-refractivity contribution in [3.8, 4) is 22.8 Å². The molecule has 0 aliphatic rings. The van der Waals surface area contributed by atoms with Gasteiger partial charge < -0.3 is 30.0 Å². The highest BCUT2D eigenvalue weighted by Gasteiger charge is 2.36. The van der Waals surface area contributed by atoms with Gasteiger partial charge in [0.15, 0.2) is 0 Å². The monoisotopic (exact) mass is 528 g/mol. The zero-order chi connectivity index (χ0) is 27.4. The average Bonchev–Trinajstić information content (AvgIpc) is 3.28. The molecule has 12 heteroatoms. The lowest BCUT2D eigenvalue weighted by atomic mass is 10.1. The lowest BCUT2D eigenvalue weighted by Crippen LogP contribution is -2.20. The maximum absolute atomic E-state index is 13.9. The number of hydrogen-bond acceptors (Lipinski definition) is 7. The van der Waals surface area contributed by atoms with E-state index in [1.54, 1.807) is 36.4 Å². The summed E-state index contributed by atoms with van der Waals surface area (Å²) in [7, 11) is 5.31. The number of nitrogens with zero attached hydrogens (tertiary/aromatic N) is 3. The second kappa shape index (κ2) is 11.0. The van der Waals surface area contributed by atoms with Gasteiger partial charge in [0.2, 0.25) is 11.9 Å². The summed E-state index contributed by atoms with van der Waals surface area (Å²) in [4.78, 5) is 24.8. The number of aromatic amines is 1.